The molecule has 0 aliphatic carbocycles. The van der Waals surface area contributed by atoms with E-state index >= 15 is 0 Å². The standard InChI is InChI=1S/C15H22N2O2/c1-11-3-4-14(12(2)9-11)19-10-15(18)17-7-5-13(16)6-8-17/h3-4,9,13H,5-8,10,16H2,1-2H3. The lowest BCUT2D eigenvalue weighted by atomic mass is 10.1. The van der Waals surface area contributed by atoms with Crippen molar-refractivity contribution in [2.24, 2.45) is 5.73 Å². The van der Waals surface area contributed by atoms with Gasteiger partial charge in [0.25, 0.3) is 5.91 Å². The van der Waals surface area contributed by atoms with Crippen LogP contribution in [0.25, 0.3) is 0 Å². The third-order valence-electron chi connectivity index (χ3n) is 3.57. The Kier molecular flexibility index (Phi) is 4.43. The minimum Gasteiger partial charge on any atom is -0.484 e. The summed E-state index contributed by atoms with van der Waals surface area (Å²) in [7, 11) is 0. The Morgan fingerprint density at radius 3 is 2.68 bits per heavy atom. The second-order valence-electron chi connectivity index (χ2n) is 5.28. The maximum atomic E-state index is 12.0. The van der Waals surface area contributed by atoms with Gasteiger partial charge in [0.15, 0.2) is 6.61 Å². The van der Waals surface area contributed by atoms with Crippen LogP contribution in [0, 0.1) is 13.8 Å². The zero-order chi connectivity index (χ0) is 13.8. The third kappa shape index (κ3) is 3.70. The van der Waals surface area contributed by atoms with E-state index in [0.29, 0.717) is 0 Å². The molecule has 1 aliphatic rings. The van der Waals surface area contributed by atoms with Crippen molar-refractivity contribution in [2.75, 3.05) is 19.7 Å². The van der Waals surface area contributed by atoms with Gasteiger partial charge >= 0.3 is 0 Å². The highest BCUT2D eigenvalue weighted by atomic mass is 16.5. The normalized spacial score (nSPS) is 16.5. The number of nitrogens with zero attached hydrogens (tertiary/aromatic N) is 1. The molecule has 0 bridgehead atoms. The molecule has 1 aromatic rings. The van der Waals surface area contributed by atoms with Gasteiger partial charge in [-0.3, -0.25) is 4.79 Å². The third-order valence-corrected chi connectivity index (χ3v) is 3.57. The summed E-state index contributed by atoms with van der Waals surface area (Å²) in [5.41, 5.74) is 8.09. The van der Waals surface area contributed by atoms with Crippen LogP contribution in [-0.2, 0) is 4.79 Å². The molecule has 0 atom stereocenters. The maximum Gasteiger partial charge on any atom is 0.260 e. The van der Waals surface area contributed by atoms with E-state index < -0.39 is 0 Å². The summed E-state index contributed by atoms with van der Waals surface area (Å²) in [6.45, 7) is 5.64. The summed E-state index contributed by atoms with van der Waals surface area (Å²) in [5, 5.41) is 0. The molecule has 1 heterocycles. The number of benzene rings is 1. The molecule has 0 unspecified atom stereocenters. The van der Waals surface area contributed by atoms with E-state index in [0.717, 1.165) is 37.2 Å². The second kappa shape index (κ2) is 6.06. The summed E-state index contributed by atoms with van der Waals surface area (Å²) in [6.07, 6.45) is 1.77. The number of rotatable bonds is 3. The Labute approximate surface area is 114 Å². The Bertz CT molecular complexity index is 451. The number of nitrogens with two attached hydrogens (primary N) is 1. The van der Waals surface area contributed by atoms with Gasteiger partial charge in [-0.05, 0) is 38.3 Å². The lowest BCUT2D eigenvalue weighted by Crippen LogP contribution is -2.44. The van der Waals surface area contributed by atoms with Gasteiger partial charge in [-0.2, -0.15) is 0 Å². The van der Waals surface area contributed by atoms with Gasteiger partial charge in [0.1, 0.15) is 5.75 Å². The Morgan fingerprint density at radius 2 is 2.05 bits per heavy atom. The molecule has 0 saturated carbocycles. The van der Waals surface area contributed by atoms with E-state index in [2.05, 4.69) is 6.07 Å². The number of amides is 1. The van der Waals surface area contributed by atoms with Gasteiger partial charge < -0.3 is 15.4 Å². The number of hydrogen-bond acceptors (Lipinski definition) is 3. The van der Waals surface area contributed by atoms with Crippen molar-refractivity contribution in [1.82, 2.24) is 4.90 Å². The summed E-state index contributed by atoms with van der Waals surface area (Å²) >= 11 is 0. The number of likely N-dealkylation sites (tertiary alicyclic amines) is 1. The summed E-state index contributed by atoms with van der Waals surface area (Å²) in [4.78, 5) is 13.9. The van der Waals surface area contributed by atoms with Crippen LogP contribution in [-0.4, -0.2) is 36.5 Å². The van der Waals surface area contributed by atoms with Crippen molar-refractivity contribution in [3.05, 3.63) is 29.3 Å². The predicted octanol–water partition coefficient (Wildman–Crippen LogP) is 1.63. The van der Waals surface area contributed by atoms with Crippen LogP contribution in [0.1, 0.15) is 24.0 Å². The van der Waals surface area contributed by atoms with E-state index in [1.807, 2.05) is 30.9 Å². The number of ether oxygens (including phenoxy) is 1. The van der Waals surface area contributed by atoms with Crippen LogP contribution in [0.2, 0.25) is 0 Å². The summed E-state index contributed by atoms with van der Waals surface area (Å²) < 4.78 is 5.61. The first-order chi connectivity index (χ1) is 9.06. The van der Waals surface area contributed by atoms with Crippen molar-refractivity contribution in [2.45, 2.75) is 32.7 Å². The largest absolute Gasteiger partial charge is 0.484 e. The molecule has 0 radical (unpaired) electrons. The van der Waals surface area contributed by atoms with Crippen LogP contribution in [0.3, 0.4) is 0 Å². The Morgan fingerprint density at radius 1 is 1.37 bits per heavy atom. The van der Waals surface area contributed by atoms with Gasteiger partial charge in [0.2, 0.25) is 0 Å². The zero-order valence-electron chi connectivity index (χ0n) is 11.7. The second-order valence-corrected chi connectivity index (χ2v) is 5.28. The lowest BCUT2D eigenvalue weighted by Gasteiger charge is -2.30. The van der Waals surface area contributed by atoms with E-state index in [-0.39, 0.29) is 18.6 Å². The van der Waals surface area contributed by atoms with E-state index in [1.165, 1.54) is 5.56 Å². The number of piperidine rings is 1. The van der Waals surface area contributed by atoms with Crippen LogP contribution < -0.4 is 10.5 Å². The number of carbonyl (C=O) groups is 1. The first-order valence-electron chi connectivity index (χ1n) is 6.79. The highest BCUT2D eigenvalue weighted by Gasteiger charge is 2.20. The van der Waals surface area contributed by atoms with Crippen LogP contribution in [0.15, 0.2) is 18.2 Å². The van der Waals surface area contributed by atoms with Gasteiger partial charge in [-0.1, -0.05) is 17.7 Å². The molecule has 2 rings (SSSR count). The average Bonchev–Trinajstić information content (AvgIpc) is 2.38. The highest BCUT2D eigenvalue weighted by Crippen LogP contribution is 2.19. The van der Waals surface area contributed by atoms with Gasteiger partial charge in [-0.15, -0.1) is 0 Å². The molecule has 104 valence electrons. The first kappa shape index (κ1) is 13.9. The van der Waals surface area contributed by atoms with Crippen molar-refractivity contribution in [1.29, 1.82) is 0 Å². The molecule has 1 saturated heterocycles. The van der Waals surface area contributed by atoms with Crippen molar-refractivity contribution in [3.63, 3.8) is 0 Å². The highest BCUT2D eigenvalue weighted by molar-refractivity contribution is 5.77. The fourth-order valence-corrected chi connectivity index (χ4v) is 2.34. The fraction of sp³-hybridized carbons (Fsp3) is 0.533. The molecule has 1 amide bonds. The van der Waals surface area contributed by atoms with Crippen LogP contribution in [0.4, 0.5) is 0 Å². The molecule has 19 heavy (non-hydrogen) atoms. The minimum absolute atomic E-state index is 0.0480. The SMILES string of the molecule is Cc1ccc(OCC(=O)N2CCC(N)CC2)c(C)c1. The summed E-state index contributed by atoms with van der Waals surface area (Å²) in [6, 6.07) is 6.21. The van der Waals surface area contributed by atoms with Crippen molar-refractivity contribution in [3.8, 4) is 5.75 Å². The van der Waals surface area contributed by atoms with E-state index in [9.17, 15) is 4.79 Å². The zero-order valence-corrected chi connectivity index (χ0v) is 11.7. The molecular weight excluding hydrogens is 240 g/mol. The predicted molar refractivity (Wildman–Crippen MR) is 75.2 cm³/mol. The molecule has 0 spiro atoms. The Hall–Kier alpha value is -1.55. The number of aryl methyl sites for hydroxylation is 2. The quantitative estimate of drug-likeness (QED) is 0.901. The molecule has 1 aromatic carbocycles. The average molecular weight is 262 g/mol. The number of carbonyl (C=O) groups excluding carboxylic acids is 1. The van der Waals surface area contributed by atoms with E-state index in [4.69, 9.17) is 10.5 Å². The molecule has 4 heteroatoms. The summed E-state index contributed by atoms with van der Waals surface area (Å²) in [5.74, 6) is 0.833. The fourth-order valence-electron chi connectivity index (χ4n) is 2.34. The monoisotopic (exact) mass is 262 g/mol. The number of hydrogen-bond donors (Lipinski definition) is 1. The first-order valence-corrected chi connectivity index (χ1v) is 6.79. The molecule has 4 nitrogen and oxygen atoms in total. The Balaban J connectivity index is 1.86. The smallest absolute Gasteiger partial charge is 0.260 e. The molecule has 1 aliphatic heterocycles. The molecule has 0 aromatic heterocycles. The molecule has 2 N–H and O–H groups in total. The molecule has 1 fully saturated rings. The van der Waals surface area contributed by atoms with Gasteiger partial charge in [-0.25, -0.2) is 0 Å². The van der Waals surface area contributed by atoms with E-state index in [1.54, 1.807) is 0 Å². The topological polar surface area (TPSA) is 55.6 Å². The van der Waals surface area contributed by atoms with Gasteiger partial charge in [0.05, 0.1) is 0 Å². The minimum atomic E-state index is 0.0480. The van der Waals surface area contributed by atoms with Crippen LogP contribution >= 0.6 is 0 Å². The van der Waals surface area contributed by atoms with Gasteiger partial charge in [0, 0.05) is 19.1 Å². The van der Waals surface area contributed by atoms with Crippen LogP contribution in [0.5, 0.6) is 5.75 Å². The lowest BCUT2D eigenvalue weighted by molar-refractivity contribution is -0.134. The molecular formula is C15H22N2O2. The van der Waals surface area contributed by atoms with Crippen molar-refractivity contribution < 1.29 is 9.53 Å². The maximum absolute atomic E-state index is 12.0. The van der Waals surface area contributed by atoms with Crippen molar-refractivity contribution >= 4 is 5.91 Å².